The van der Waals surface area contributed by atoms with Crippen LogP contribution in [0.2, 0.25) is 0 Å². The molecule has 0 aliphatic heterocycles. The maximum Gasteiger partial charge on any atom is 0.347 e. The topological polar surface area (TPSA) is 52.6 Å². The van der Waals surface area contributed by atoms with Gasteiger partial charge < -0.3 is 9.47 Å². The first kappa shape index (κ1) is 16.7. The van der Waals surface area contributed by atoms with Crippen LogP contribution in [0.4, 0.5) is 0 Å². The fraction of sp³-hybridized carbons (Fsp3) is 0.263. The van der Waals surface area contributed by atoms with Crippen LogP contribution in [-0.4, -0.2) is 17.9 Å². The van der Waals surface area contributed by atoms with Crippen molar-refractivity contribution in [3.05, 3.63) is 59.7 Å². The van der Waals surface area contributed by atoms with Gasteiger partial charge in [-0.2, -0.15) is 0 Å². The zero-order valence-electron chi connectivity index (χ0n) is 13.5. The summed E-state index contributed by atoms with van der Waals surface area (Å²) in [4.78, 5) is 23.9. The standard InChI is InChI=1S/C19H20O4/c1-4-17(20)14-9-11-15(12-10-14)23-19(21)16-7-5-6-8-18(16)22-13(2)3/h5-13H,4H2,1-3H3. The molecule has 0 atom stereocenters. The fourth-order valence-corrected chi connectivity index (χ4v) is 2.07. The lowest BCUT2D eigenvalue weighted by molar-refractivity contribution is 0.0728. The second kappa shape index (κ2) is 7.58. The third-order valence-corrected chi connectivity index (χ3v) is 3.18. The number of para-hydroxylation sites is 1. The second-order valence-corrected chi connectivity index (χ2v) is 5.35. The molecule has 0 radical (unpaired) electrons. The van der Waals surface area contributed by atoms with Gasteiger partial charge in [-0.3, -0.25) is 4.79 Å². The van der Waals surface area contributed by atoms with Crippen LogP contribution in [0.1, 0.15) is 47.9 Å². The number of ketones is 1. The smallest absolute Gasteiger partial charge is 0.347 e. The van der Waals surface area contributed by atoms with E-state index in [0.717, 1.165) is 0 Å². The summed E-state index contributed by atoms with van der Waals surface area (Å²) in [6.45, 7) is 5.60. The third kappa shape index (κ3) is 4.42. The maximum atomic E-state index is 12.3. The number of esters is 1. The summed E-state index contributed by atoms with van der Waals surface area (Å²) in [7, 11) is 0. The van der Waals surface area contributed by atoms with Gasteiger partial charge in [-0.05, 0) is 50.2 Å². The van der Waals surface area contributed by atoms with Crippen LogP contribution in [0.25, 0.3) is 0 Å². The highest BCUT2D eigenvalue weighted by molar-refractivity contribution is 5.96. The number of hydrogen-bond acceptors (Lipinski definition) is 4. The van der Waals surface area contributed by atoms with E-state index in [1.165, 1.54) is 0 Å². The van der Waals surface area contributed by atoms with Crippen molar-refractivity contribution in [2.45, 2.75) is 33.3 Å². The summed E-state index contributed by atoms with van der Waals surface area (Å²) < 4.78 is 11.0. The van der Waals surface area contributed by atoms with Gasteiger partial charge in [-0.15, -0.1) is 0 Å². The Bertz CT molecular complexity index is 687. The Morgan fingerprint density at radius 1 is 1.00 bits per heavy atom. The monoisotopic (exact) mass is 312 g/mol. The third-order valence-electron chi connectivity index (χ3n) is 3.18. The number of ether oxygens (including phenoxy) is 2. The Morgan fingerprint density at radius 3 is 2.26 bits per heavy atom. The molecule has 0 saturated carbocycles. The minimum atomic E-state index is -0.490. The first-order valence-corrected chi connectivity index (χ1v) is 7.62. The molecule has 4 nitrogen and oxygen atoms in total. The Balaban J connectivity index is 2.15. The van der Waals surface area contributed by atoms with Crippen LogP contribution in [-0.2, 0) is 0 Å². The Morgan fingerprint density at radius 2 is 1.65 bits per heavy atom. The predicted molar refractivity (Wildman–Crippen MR) is 88.2 cm³/mol. The van der Waals surface area contributed by atoms with Crippen LogP contribution < -0.4 is 9.47 Å². The van der Waals surface area contributed by atoms with Crippen molar-refractivity contribution in [1.29, 1.82) is 0 Å². The van der Waals surface area contributed by atoms with E-state index >= 15 is 0 Å². The largest absolute Gasteiger partial charge is 0.490 e. The molecule has 0 aliphatic carbocycles. The summed E-state index contributed by atoms with van der Waals surface area (Å²) in [6, 6.07) is 13.5. The minimum Gasteiger partial charge on any atom is -0.490 e. The van der Waals surface area contributed by atoms with Gasteiger partial charge in [0.05, 0.1) is 6.10 Å². The summed E-state index contributed by atoms with van der Waals surface area (Å²) in [5.74, 6) is 0.446. The number of rotatable bonds is 6. The van der Waals surface area contributed by atoms with Gasteiger partial charge >= 0.3 is 5.97 Å². The molecular formula is C19H20O4. The van der Waals surface area contributed by atoms with Crippen molar-refractivity contribution >= 4 is 11.8 Å². The number of Topliss-reactive ketones (excluding diaryl/α,β-unsaturated/α-hetero) is 1. The first-order valence-electron chi connectivity index (χ1n) is 7.62. The van der Waals surface area contributed by atoms with E-state index in [1.54, 1.807) is 48.5 Å². The molecule has 0 saturated heterocycles. The lowest BCUT2D eigenvalue weighted by Gasteiger charge is -2.13. The Labute approximate surface area is 136 Å². The van der Waals surface area contributed by atoms with Crippen molar-refractivity contribution in [3.8, 4) is 11.5 Å². The van der Waals surface area contributed by atoms with E-state index < -0.39 is 5.97 Å². The SMILES string of the molecule is CCC(=O)c1ccc(OC(=O)c2ccccc2OC(C)C)cc1. The van der Waals surface area contributed by atoms with Gasteiger partial charge in [0.1, 0.15) is 17.1 Å². The van der Waals surface area contributed by atoms with E-state index in [-0.39, 0.29) is 11.9 Å². The maximum absolute atomic E-state index is 12.3. The van der Waals surface area contributed by atoms with Crippen molar-refractivity contribution in [1.82, 2.24) is 0 Å². The van der Waals surface area contributed by atoms with Crippen molar-refractivity contribution in [2.24, 2.45) is 0 Å². The van der Waals surface area contributed by atoms with Crippen LogP contribution in [0.5, 0.6) is 11.5 Å². The number of hydrogen-bond donors (Lipinski definition) is 0. The molecule has 0 N–H and O–H groups in total. The van der Waals surface area contributed by atoms with Crippen LogP contribution in [0.15, 0.2) is 48.5 Å². The zero-order valence-corrected chi connectivity index (χ0v) is 13.5. The Kier molecular flexibility index (Phi) is 5.52. The van der Waals surface area contributed by atoms with E-state index in [9.17, 15) is 9.59 Å². The van der Waals surface area contributed by atoms with Crippen LogP contribution in [0.3, 0.4) is 0 Å². The molecular weight excluding hydrogens is 292 g/mol. The van der Waals surface area contributed by atoms with Gasteiger partial charge in [0, 0.05) is 12.0 Å². The molecule has 0 fully saturated rings. The number of carbonyl (C=O) groups excluding carboxylic acids is 2. The number of carbonyl (C=O) groups is 2. The van der Waals surface area contributed by atoms with E-state index in [1.807, 2.05) is 20.8 Å². The summed E-state index contributed by atoms with van der Waals surface area (Å²) in [5, 5.41) is 0. The zero-order chi connectivity index (χ0) is 16.8. The molecule has 120 valence electrons. The highest BCUT2D eigenvalue weighted by Crippen LogP contribution is 2.22. The summed E-state index contributed by atoms with van der Waals surface area (Å²) in [6.07, 6.45) is 0.405. The minimum absolute atomic E-state index is 0.0386. The average Bonchev–Trinajstić information content (AvgIpc) is 2.54. The van der Waals surface area contributed by atoms with Gasteiger partial charge in [-0.1, -0.05) is 19.1 Å². The average molecular weight is 312 g/mol. The fourth-order valence-electron chi connectivity index (χ4n) is 2.07. The molecule has 4 heteroatoms. The molecule has 2 aromatic carbocycles. The lowest BCUT2D eigenvalue weighted by Crippen LogP contribution is -2.13. The predicted octanol–water partition coefficient (Wildman–Crippen LogP) is 4.29. The molecule has 0 bridgehead atoms. The molecule has 2 aromatic rings. The second-order valence-electron chi connectivity index (χ2n) is 5.35. The highest BCUT2D eigenvalue weighted by atomic mass is 16.5. The van der Waals surface area contributed by atoms with Crippen molar-refractivity contribution < 1.29 is 19.1 Å². The molecule has 0 unspecified atom stereocenters. The van der Waals surface area contributed by atoms with Crippen LogP contribution >= 0.6 is 0 Å². The van der Waals surface area contributed by atoms with Crippen LogP contribution in [0, 0.1) is 0 Å². The van der Waals surface area contributed by atoms with E-state index in [0.29, 0.717) is 29.0 Å². The normalized spacial score (nSPS) is 10.4. The van der Waals surface area contributed by atoms with Crippen molar-refractivity contribution in [2.75, 3.05) is 0 Å². The van der Waals surface area contributed by atoms with Gasteiger partial charge in [0.25, 0.3) is 0 Å². The number of benzene rings is 2. The van der Waals surface area contributed by atoms with Gasteiger partial charge in [0.2, 0.25) is 0 Å². The molecule has 0 aliphatic rings. The molecule has 2 rings (SSSR count). The summed E-state index contributed by atoms with van der Waals surface area (Å²) in [5.41, 5.74) is 0.978. The first-order chi connectivity index (χ1) is 11.0. The summed E-state index contributed by atoms with van der Waals surface area (Å²) >= 11 is 0. The molecule has 0 heterocycles. The highest BCUT2D eigenvalue weighted by Gasteiger charge is 2.15. The van der Waals surface area contributed by atoms with Gasteiger partial charge in [0.15, 0.2) is 5.78 Å². The molecule has 0 spiro atoms. The quantitative estimate of drug-likeness (QED) is 0.454. The van der Waals surface area contributed by atoms with Gasteiger partial charge in [-0.25, -0.2) is 4.79 Å². The molecule has 23 heavy (non-hydrogen) atoms. The van der Waals surface area contributed by atoms with E-state index in [2.05, 4.69) is 0 Å². The lowest BCUT2D eigenvalue weighted by atomic mass is 10.1. The Hall–Kier alpha value is -2.62. The van der Waals surface area contributed by atoms with E-state index in [4.69, 9.17) is 9.47 Å². The molecule has 0 amide bonds. The van der Waals surface area contributed by atoms with Crippen molar-refractivity contribution in [3.63, 3.8) is 0 Å². The molecule has 0 aromatic heterocycles.